The number of nitrogens with zero attached hydrogens (tertiary/aromatic N) is 1. The Hall–Kier alpha value is -2.25. The molecule has 6 nitrogen and oxygen atoms in total. The van der Waals surface area contributed by atoms with Crippen molar-refractivity contribution in [2.75, 3.05) is 24.0 Å². The number of fused-ring (bicyclic) bond motifs is 1. The van der Waals surface area contributed by atoms with Gasteiger partial charge in [0.1, 0.15) is 11.5 Å². The molecule has 2 aromatic rings. The van der Waals surface area contributed by atoms with Gasteiger partial charge < -0.3 is 9.84 Å². The van der Waals surface area contributed by atoms with E-state index in [0.29, 0.717) is 25.4 Å². The Morgan fingerprint density at radius 3 is 2.78 bits per heavy atom. The van der Waals surface area contributed by atoms with Gasteiger partial charge in [-0.15, -0.1) is 0 Å². The van der Waals surface area contributed by atoms with E-state index in [4.69, 9.17) is 4.74 Å². The number of phenolic OH excluding ortho intramolecular Hbond substituents is 1. The van der Waals surface area contributed by atoms with Crippen LogP contribution in [0.3, 0.4) is 0 Å². The molecule has 1 fully saturated rings. The molecule has 1 atom stereocenters. The average molecular weight is 332 g/mol. The van der Waals surface area contributed by atoms with Crippen molar-refractivity contribution < 1.29 is 18.3 Å². The topological polar surface area (TPSA) is 78.9 Å². The predicted molar refractivity (Wildman–Crippen MR) is 86.2 cm³/mol. The molecule has 1 saturated heterocycles. The van der Waals surface area contributed by atoms with E-state index in [1.807, 2.05) is 30.3 Å². The largest absolute Gasteiger partial charge is 0.506 e. The van der Waals surface area contributed by atoms with E-state index in [2.05, 4.69) is 4.72 Å². The third kappa shape index (κ3) is 2.32. The van der Waals surface area contributed by atoms with E-state index in [1.165, 1.54) is 4.31 Å². The van der Waals surface area contributed by atoms with Crippen LogP contribution in [0.2, 0.25) is 0 Å². The zero-order chi connectivity index (χ0) is 16.0. The second-order valence-electron chi connectivity index (χ2n) is 5.62. The fourth-order valence-electron chi connectivity index (χ4n) is 3.13. The molecule has 2 aliphatic rings. The van der Waals surface area contributed by atoms with Gasteiger partial charge >= 0.3 is 10.2 Å². The highest BCUT2D eigenvalue weighted by Gasteiger charge is 2.31. The minimum atomic E-state index is -3.54. The molecule has 7 heteroatoms. The first kappa shape index (κ1) is 14.3. The number of rotatable bonds is 2. The lowest BCUT2D eigenvalue weighted by Crippen LogP contribution is -2.29. The average Bonchev–Trinajstić information content (AvgIpc) is 3.10. The van der Waals surface area contributed by atoms with E-state index < -0.39 is 10.2 Å². The van der Waals surface area contributed by atoms with Crippen molar-refractivity contribution in [1.82, 2.24) is 4.72 Å². The van der Waals surface area contributed by atoms with E-state index in [-0.39, 0.29) is 11.7 Å². The fourth-order valence-corrected chi connectivity index (χ4v) is 4.38. The molecular formula is C16H16N2O4S. The summed E-state index contributed by atoms with van der Waals surface area (Å²) in [6.45, 7) is 1.17. The van der Waals surface area contributed by atoms with Crippen LogP contribution in [0.5, 0.6) is 11.5 Å². The lowest BCUT2D eigenvalue weighted by Gasteiger charge is -2.19. The molecular weight excluding hydrogens is 316 g/mol. The van der Waals surface area contributed by atoms with Crippen molar-refractivity contribution in [3.63, 3.8) is 0 Å². The van der Waals surface area contributed by atoms with Gasteiger partial charge in [0.05, 0.1) is 12.3 Å². The maximum Gasteiger partial charge on any atom is 0.301 e. The molecule has 2 N–H and O–H groups in total. The van der Waals surface area contributed by atoms with Crippen molar-refractivity contribution >= 4 is 15.9 Å². The molecule has 0 amide bonds. The zero-order valence-electron chi connectivity index (χ0n) is 12.3. The van der Waals surface area contributed by atoms with Gasteiger partial charge in [-0.2, -0.15) is 13.1 Å². The molecule has 0 aliphatic carbocycles. The lowest BCUT2D eigenvalue weighted by molar-refractivity contribution is 0.343. The standard InChI is InChI=1S/C16H16N2O4S/c19-15-9-11(13-10-22-16-4-2-1-3-12(13)16)5-6-14(15)18-8-7-17-23(18,20)21/h1-6,9,13,17,19H,7-8,10H2. The Labute approximate surface area is 134 Å². The third-order valence-corrected chi connectivity index (χ3v) is 5.79. The number of nitrogens with one attached hydrogen (secondary N) is 1. The summed E-state index contributed by atoms with van der Waals surface area (Å²) in [5.74, 6) is 0.853. The summed E-state index contributed by atoms with van der Waals surface area (Å²) in [6.07, 6.45) is 0. The molecule has 0 spiro atoms. The van der Waals surface area contributed by atoms with Crippen LogP contribution in [0.4, 0.5) is 5.69 Å². The van der Waals surface area contributed by atoms with E-state index >= 15 is 0 Å². The summed E-state index contributed by atoms with van der Waals surface area (Å²) in [6, 6.07) is 12.9. The van der Waals surface area contributed by atoms with Crippen LogP contribution in [-0.4, -0.2) is 33.2 Å². The summed E-state index contributed by atoms with van der Waals surface area (Å²) in [5, 5.41) is 10.3. The molecule has 2 aromatic carbocycles. The summed E-state index contributed by atoms with van der Waals surface area (Å²) in [7, 11) is -3.54. The Balaban J connectivity index is 1.70. The van der Waals surface area contributed by atoms with Crippen molar-refractivity contribution in [2.24, 2.45) is 0 Å². The van der Waals surface area contributed by atoms with Gasteiger partial charge in [-0.25, -0.2) is 0 Å². The van der Waals surface area contributed by atoms with Gasteiger partial charge in [0.2, 0.25) is 0 Å². The van der Waals surface area contributed by atoms with Crippen LogP contribution in [0.15, 0.2) is 42.5 Å². The number of para-hydroxylation sites is 1. The number of anilines is 1. The molecule has 1 unspecified atom stereocenters. The highest BCUT2D eigenvalue weighted by molar-refractivity contribution is 7.91. The van der Waals surface area contributed by atoms with Gasteiger partial charge in [0.15, 0.2) is 0 Å². The summed E-state index contributed by atoms with van der Waals surface area (Å²) in [4.78, 5) is 0. The normalized spacial score (nSPS) is 21.9. The van der Waals surface area contributed by atoms with Gasteiger partial charge in [0, 0.05) is 24.6 Å². The number of benzene rings is 2. The highest BCUT2D eigenvalue weighted by Crippen LogP contribution is 2.40. The molecule has 120 valence electrons. The molecule has 23 heavy (non-hydrogen) atoms. The van der Waals surface area contributed by atoms with E-state index in [9.17, 15) is 13.5 Å². The van der Waals surface area contributed by atoms with Crippen LogP contribution < -0.4 is 13.8 Å². The maximum atomic E-state index is 11.9. The Morgan fingerprint density at radius 2 is 2.04 bits per heavy atom. The van der Waals surface area contributed by atoms with Crippen LogP contribution in [0, 0.1) is 0 Å². The first-order valence-corrected chi connectivity index (χ1v) is 8.82. The fraction of sp³-hybridized carbons (Fsp3) is 0.250. The molecule has 2 aliphatic heterocycles. The van der Waals surface area contributed by atoms with Gasteiger partial charge in [-0.05, 0) is 23.8 Å². The van der Waals surface area contributed by atoms with Crippen LogP contribution >= 0.6 is 0 Å². The SMILES string of the molecule is O=S1(=O)NCCN1c1ccc(C2COc3ccccc32)cc1O. The summed E-state index contributed by atoms with van der Waals surface area (Å²) >= 11 is 0. The molecule has 4 rings (SSSR count). The van der Waals surface area contributed by atoms with E-state index in [1.54, 1.807) is 12.1 Å². The first-order chi connectivity index (χ1) is 11.1. The first-order valence-electron chi connectivity index (χ1n) is 7.38. The number of phenols is 1. The zero-order valence-corrected chi connectivity index (χ0v) is 13.1. The number of aromatic hydroxyl groups is 1. The molecule has 0 saturated carbocycles. The molecule has 0 radical (unpaired) electrons. The quantitative estimate of drug-likeness (QED) is 0.875. The maximum absolute atomic E-state index is 11.9. The molecule has 0 bridgehead atoms. The van der Waals surface area contributed by atoms with Crippen molar-refractivity contribution in [3.05, 3.63) is 53.6 Å². The molecule has 2 heterocycles. The Morgan fingerprint density at radius 1 is 1.22 bits per heavy atom. The number of hydrogen-bond acceptors (Lipinski definition) is 4. The van der Waals surface area contributed by atoms with Gasteiger partial charge in [-0.1, -0.05) is 24.3 Å². The second kappa shape index (κ2) is 5.14. The van der Waals surface area contributed by atoms with Crippen molar-refractivity contribution in [1.29, 1.82) is 0 Å². The summed E-state index contributed by atoms with van der Waals surface area (Å²) < 4.78 is 33.1. The minimum absolute atomic E-state index is 0.0412. The van der Waals surface area contributed by atoms with Crippen molar-refractivity contribution in [2.45, 2.75) is 5.92 Å². The lowest BCUT2D eigenvalue weighted by atomic mass is 9.93. The van der Waals surface area contributed by atoms with Crippen LogP contribution in [0.1, 0.15) is 17.0 Å². The van der Waals surface area contributed by atoms with Crippen molar-refractivity contribution in [3.8, 4) is 11.5 Å². The number of ether oxygens (including phenoxy) is 1. The Kier molecular flexibility index (Phi) is 3.21. The van der Waals surface area contributed by atoms with Gasteiger partial charge in [-0.3, -0.25) is 4.31 Å². The monoisotopic (exact) mass is 332 g/mol. The number of hydrogen-bond donors (Lipinski definition) is 2. The Bertz CT molecular complexity index is 866. The van der Waals surface area contributed by atoms with E-state index in [0.717, 1.165) is 16.9 Å². The predicted octanol–water partition coefficient (Wildman–Crippen LogP) is 1.57. The van der Waals surface area contributed by atoms with Crippen LogP contribution in [-0.2, 0) is 10.2 Å². The third-order valence-electron chi connectivity index (χ3n) is 4.26. The minimum Gasteiger partial charge on any atom is -0.506 e. The second-order valence-corrected chi connectivity index (χ2v) is 7.30. The van der Waals surface area contributed by atoms with Gasteiger partial charge in [0.25, 0.3) is 0 Å². The smallest absolute Gasteiger partial charge is 0.301 e. The van der Waals surface area contributed by atoms with Crippen LogP contribution in [0.25, 0.3) is 0 Å². The summed E-state index contributed by atoms with van der Waals surface area (Å²) in [5.41, 5.74) is 2.28. The molecule has 0 aromatic heterocycles. The highest BCUT2D eigenvalue weighted by atomic mass is 32.2.